The molecule has 0 radical (unpaired) electrons. The molecule has 7 nitrogen and oxygen atoms in total. The smallest absolute Gasteiger partial charge is 0.342 e. The van der Waals surface area contributed by atoms with Gasteiger partial charge < -0.3 is 14.4 Å². The van der Waals surface area contributed by atoms with Gasteiger partial charge in [-0.2, -0.15) is 0 Å². The number of carbonyl (C=O) groups is 2. The number of Topliss-reactive ketones (excluding diaryl/α,β-unsaturated/α-hetero) is 1. The number of para-hydroxylation sites is 1. The minimum absolute atomic E-state index is 0.0337. The zero-order chi connectivity index (χ0) is 19.7. The number of nitrogens with zero attached hydrogens (tertiary/aromatic N) is 2. The van der Waals surface area contributed by atoms with E-state index in [2.05, 4.69) is 5.16 Å². The number of esters is 1. The molecule has 1 N–H and O–H groups in total. The molecule has 27 heavy (non-hydrogen) atoms. The predicted octanol–water partition coefficient (Wildman–Crippen LogP) is 3.44. The van der Waals surface area contributed by atoms with Gasteiger partial charge in [-0.3, -0.25) is 9.36 Å². The van der Waals surface area contributed by atoms with E-state index in [1.54, 1.807) is 49.6 Å². The molecule has 0 amide bonds. The average molecular weight is 368 g/mol. The summed E-state index contributed by atoms with van der Waals surface area (Å²) >= 11 is 0. The lowest BCUT2D eigenvalue weighted by Crippen LogP contribution is -2.15. The number of aryl methyl sites for hydroxylation is 3. The number of ketones is 1. The zero-order valence-electron chi connectivity index (χ0n) is 15.6. The monoisotopic (exact) mass is 368 g/mol. The highest BCUT2D eigenvalue weighted by Gasteiger charge is 2.21. The highest BCUT2D eigenvalue weighted by Crippen LogP contribution is 2.23. The summed E-state index contributed by atoms with van der Waals surface area (Å²) in [6, 6.07) is 8.26. The Labute approximate surface area is 156 Å². The van der Waals surface area contributed by atoms with Crippen LogP contribution in [0.1, 0.15) is 43.4 Å². The van der Waals surface area contributed by atoms with Crippen molar-refractivity contribution in [1.82, 2.24) is 9.72 Å². The molecule has 0 aliphatic rings. The number of carbonyl (C=O) groups excluding carboxylic acids is 2. The summed E-state index contributed by atoms with van der Waals surface area (Å²) in [5, 5.41) is 13.9. The number of aromatic nitrogens is 2. The molecule has 0 fully saturated rings. The van der Waals surface area contributed by atoms with E-state index in [9.17, 15) is 14.7 Å². The van der Waals surface area contributed by atoms with Crippen LogP contribution < -0.4 is 0 Å². The molecule has 0 bridgehead atoms. The number of aromatic hydroxyl groups is 1. The Balaban J connectivity index is 1.77. The quantitative estimate of drug-likeness (QED) is 0.547. The molecule has 3 aromatic rings. The summed E-state index contributed by atoms with van der Waals surface area (Å²) in [6.07, 6.45) is 0. The molecule has 0 unspecified atom stereocenters. The Morgan fingerprint density at radius 3 is 2.56 bits per heavy atom. The van der Waals surface area contributed by atoms with E-state index in [0.29, 0.717) is 28.4 Å². The lowest BCUT2D eigenvalue weighted by molar-refractivity contribution is 0.0471. The van der Waals surface area contributed by atoms with E-state index < -0.39 is 12.6 Å². The number of benzene rings is 1. The number of phenols is 1. The number of phenolic OH excluding ortho intramolecular Hbond substituents is 1. The van der Waals surface area contributed by atoms with Gasteiger partial charge in [0.1, 0.15) is 17.1 Å². The van der Waals surface area contributed by atoms with Gasteiger partial charge in [-0.05, 0) is 45.4 Å². The van der Waals surface area contributed by atoms with Crippen LogP contribution in [0.2, 0.25) is 0 Å². The third kappa shape index (κ3) is 3.48. The third-order valence-electron chi connectivity index (χ3n) is 4.37. The first-order valence-corrected chi connectivity index (χ1v) is 8.41. The van der Waals surface area contributed by atoms with Gasteiger partial charge >= 0.3 is 5.97 Å². The van der Waals surface area contributed by atoms with Crippen molar-refractivity contribution in [2.75, 3.05) is 6.61 Å². The number of hydrogen-bond donors (Lipinski definition) is 1. The SMILES string of the molecule is Cc1cc(-n2c(C)cc(C(=O)COC(=O)c3cccc(C)c3O)c2C)no1. The zero-order valence-corrected chi connectivity index (χ0v) is 15.6. The van der Waals surface area contributed by atoms with E-state index >= 15 is 0 Å². The Bertz CT molecular complexity index is 1030. The van der Waals surface area contributed by atoms with Gasteiger partial charge in [0.2, 0.25) is 5.78 Å². The molecule has 2 heterocycles. The summed E-state index contributed by atoms with van der Waals surface area (Å²) in [7, 11) is 0. The summed E-state index contributed by atoms with van der Waals surface area (Å²) in [4.78, 5) is 24.7. The van der Waals surface area contributed by atoms with Crippen molar-refractivity contribution in [3.05, 3.63) is 64.2 Å². The lowest BCUT2D eigenvalue weighted by atomic mass is 10.1. The molecule has 0 aliphatic carbocycles. The first kappa shape index (κ1) is 18.4. The second kappa shape index (κ2) is 7.11. The topological polar surface area (TPSA) is 94.6 Å². The van der Waals surface area contributed by atoms with E-state index in [-0.39, 0.29) is 17.1 Å². The number of ether oxygens (including phenoxy) is 1. The number of hydrogen-bond acceptors (Lipinski definition) is 6. The Morgan fingerprint density at radius 1 is 1.15 bits per heavy atom. The molecule has 7 heteroatoms. The van der Waals surface area contributed by atoms with Crippen molar-refractivity contribution in [2.24, 2.45) is 0 Å². The van der Waals surface area contributed by atoms with Crippen LogP contribution in [0.3, 0.4) is 0 Å². The van der Waals surface area contributed by atoms with E-state index in [1.165, 1.54) is 6.07 Å². The second-order valence-corrected chi connectivity index (χ2v) is 6.39. The maximum absolute atomic E-state index is 12.6. The molecule has 1 aromatic carbocycles. The number of rotatable bonds is 5. The first-order valence-electron chi connectivity index (χ1n) is 8.41. The molecule has 2 aromatic heterocycles. The maximum Gasteiger partial charge on any atom is 0.342 e. The highest BCUT2D eigenvalue weighted by molar-refractivity contribution is 6.01. The van der Waals surface area contributed by atoms with Crippen LogP contribution in [-0.4, -0.2) is 33.2 Å². The van der Waals surface area contributed by atoms with Crippen LogP contribution >= 0.6 is 0 Å². The van der Waals surface area contributed by atoms with Crippen molar-refractivity contribution < 1.29 is 24.0 Å². The molecule has 0 atom stereocenters. The standard InChI is InChI=1S/C20H20N2O5/c1-11-6-5-7-15(19(11)24)20(25)26-10-17(23)16-8-12(2)22(14(16)4)18-9-13(3)27-21-18/h5-9,24H,10H2,1-4H3. The minimum atomic E-state index is -0.745. The van der Waals surface area contributed by atoms with Crippen LogP contribution in [0.4, 0.5) is 0 Å². The normalized spacial score (nSPS) is 10.8. The fourth-order valence-electron chi connectivity index (χ4n) is 2.97. The average Bonchev–Trinajstić information content (AvgIpc) is 3.17. The van der Waals surface area contributed by atoms with E-state index in [4.69, 9.17) is 9.26 Å². The molecule has 140 valence electrons. The summed E-state index contributed by atoms with van der Waals surface area (Å²) < 4.78 is 12.0. The van der Waals surface area contributed by atoms with Gasteiger partial charge in [-0.25, -0.2) is 4.79 Å². The Hall–Kier alpha value is -3.35. The van der Waals surface area contributed by atoms with Crippen molar-refractivity contribution >= 4 is 11.8 Å². The molecule has 3 rings (SSSR count). The predicted molar refractivity (Wildman–Crippen MR) is 97.5 cm³/mol. The Kier molecular flexibility index (Phi) is 4.85. The lowest BCUT2D eigenvalue weighted by Gasteiger charge is -2.08. The molecule has 0 saturated heterocycles. The minimum Gasteiger partial charge on any atom is -0.507 e. The van der Waals surface area contributed by atoms with Crippen LogP contribution in [0.5, 0.6) is 5.75 Å². The van der Waals surface area contributed by atoms with Gasteiger partial charge in [0.05, 0.1) is 0 Å². The largest absolute Gasteiger partial charge is 0.507 e. The van der Waals surface area contributed by atoms with Gasteiger partial charge in [0.25, 0.3) is 0 Å². The second-order valence-electron chi connectivity index (χ2n) is 6.39. The van der Waals surface area contributed by atoms with Crippen molar-refractivity contribution in [3.63, 3.8) is 0 Å². The molecular weight excluding hydrogens is 348 g/mol. The molecular formula is C20H20N2O5. The van der Waals surface area contributed by atoms with Crippen LogP contribution in [0.25, 0.3) is 5.82 Å². The van der Waals surface area contributed by atoms with E-state index in [0.717, 1.165) is 5.69 Å². The van der Waals surface area contributed by atoms with E-state index in [1.807, 2.05) is 6.92 Å². The Morgan fingerprint density at radius 2 is 1.89 bits per heavy atom. The molecule has 0 aliphatic heterocycles. The fraction of sp³-hybridized carbons (Fsp3) is 0.250. The van der Waals surface area contributed by atoms with Gasteiger partial charge in [0, 0.05) is 23.0 Å². The van der Waals surface area contributed by atoms with Crippen molar-refractivity contribution in [1.29, 1.82) is 0 Å². The van der Waals surface area contributed by atoms with Gasteiger partial charge in [-0.15, -0.1) is 0 Å². The highest BCUT2D eigenvalue weighted by atomic mass is 16.5. The molecule has 0 spiro atoms. The van der Waals surface area contributed by atoms with Gasteiger partial charge in [-0.1, -0.05) is 17.3 Å². The maximum atomic E-state index is 12.6. The van der Waals surface area contributed by atoms with Crippen molar-refractivity contribution in [2.45, 2.75) is 27.7 Å². The molecule has 0 saturated carbocycles. The fourth-order valence-corrected chi connectivity index (χ4v) is 2.97. The van der Waals surface area contributed by atoms with Crippen LogP contribution in [0, 0.1) is 27.7 Å². The van der Waals surface area contributed by atoms with Gasteiger partial charge in [0.15, 0.2) is 12.4 Å². The van der Waals surface area contributed by atoms with Crippen molar-refractivity contribution in [3.8, 4) is 11.6 Å². The summed E-state index contributed by atoms with van der Waals surface area (Å²) in [5.74, 6) is 0.0237. The van der Waals surface area contributed by atoms with Crippen LogP contribution in [-0.2, 0) is 4.74 Å². The third-order valence-corrected chi connectivity index (χ3v) is 4.37. The summed E-state index contributed by atoms with van der Waals surface area (Å²) in [5.41, 5.74) is 2.52. The first-order chi connectivity index (χ1) is 12.8. The summed E-state index contributed by atoms with van der Waals surface area (Å²) in [6.45, 7) is 6.69. The van der Waals surface area contributed by atoms with Crippen LogP contribution in [0.15, 0.2) is 34.9 Å².